The van der Waals surface area contributed by atoms with Crippen molar-refractivity contribution in [2.75, 3.05) is 13.7 Å². The summed E-state index contributed by atoms with van der Waals surface area (Å²) in [4.78, 5) is 1.27. The minimum atomic E-state index is 0.350. The normalized spacial score (nSPS) is 13.7. The van der Waals surface area contributed by atoms with E-state index in [0.29, 0.717) is 11.3 Å². The molecule has 0 aliphatic heterocycles. The van der Waals surface area contributed by atoms with E-state index in [1.54, 1.807) is 7.11 Å². The lowest BCUT2D eigenvalue weighted by Crippen LogP contribution is -2.28. The van der Waals surface area contributed by atoms with Gasteiger partial charge in [0.15, 0.2) is 0 Å². The Balaban J connectivity index is 2.09. The number of rotatable bonds is 7. The van der Waals surface area contributed by atoms with Crippen LogP contribution in [-0.4, -0.2) is 18.9 Å². The van der Waals surface area contributed by atoms with Crippen molar-refractivity contribution < 1.29 is 4.74 Å². The molecule has 0 bridgehead atoms. The molecule has 21 heavy (non-hydrogen) atoms. The van der Waals surface area contributed by atoms with E-state index in [0.717, 1.165) is 12.3 Å². The lowest BCUT2D eigenvalue weighted by atomic mass is 10.0. The molecule has 2 atom stereocenters. The lowest BCUT2D eigenvalue weighted by molar-refractivity contribution is 0.414. The third kappa shape index (κ3) is 4.51. The fraction of sp³-hybridized carbons (Fsp3) is 0.333. The molecule has 112 valence electrons. The van der Waals surface area contributed by atoms with Gasteiger partial charge < -0.3 is 10.1 Å². The largest absolute Gasteiger partial charge is 0.497 e. The maximum atomic E-state index is 5.21. The van der Waals surface area contributed by atoms with Crippen LogP contribution in [0.2, 0.25) is 0 Å². The molecule has 0 fully saturated rings. The Bertz CT molecular complexity index is 527. The van der Waals surface area contributed by atoms with Crippen LogP contribution >= 0.6 is 11.8 Å². The quantitative estimate of drug-likeness (QED) is 0.759. The Morgan fingerprint density at radius 2 is 1.71 bits per heavy atom. The Kier molecular flexibility index (Phi) is 6.15. The number of hydrogen-bond acceptors (Lipinski definition) is 3. The van der Waals surface area contributed by atoms with Gasteiger partial charge in [-0.3, -0.25) is 0 Å². The third-order valence-electron chi connectivity index (χ3n) is 3.43. The zero-order valence-electron chi connectivity index (χ0n) is 12.9. The van der Waals surface area contributed by atoms with Crippen molar-refractivity contribution in [3.63, 3.8) is 0 Å². The maximum absolute atomic E-state index is 5.21. The van der Waals surface area contributed by atoms with Crippen LogP contribution in [0.1, 0.15) is 25.5 Å². The summed E-state index contributed by atoms with van der Waals surface area (Å²) in [6, 6.07) is 19.3. The molecule has 0 aliphatic rings. The molecule has 2 unspecified atom stereocenters. The molecule has 0 saturated carbocycles. The summed E-state index contributed by atoms with van der Waals surface area (Å²) < 4.78 is 5.21. The van der Waals surface area contributed by atoms with Gasteiger partial charge in [-0.25, -0.2) is 0 Å². The van der Waals surface area contributed by atoms with Gasteiger partial charge in [0.1, 0.15) is 5.75 Å². The van der Waals surface area contributed by atoms with E-state index in [-0.39, 0.29) is 0 Å². The Hall–Kier alpha value is -1.45. The Morgan fingerprint density at radius 3 is 2.29 bits per heavy atom. The molecule has 0 radical (unpaired) electrons. The van der Waals surface area contributed by atoms with E-state index >= 15 is 0 Å². The number of hydrogen-bond donors (Lipinski definition) is 1. The van der Waals surface area contributed by atoms with Gasteiger partial charge in [0.25, 0.3) is 0 Å². The molecule has 0 aromatic heterocycles. The second kappa shape index (κ2) is 8.11. The van der Waals surface area contributed by atoms with Gasteiger partial charge in [0.2, 0.25) is 0 Å². The molecule has 0 aliphatic carbocycles. The number of nitrogens with one attached hydrogen (secondary N) is 1. The van der Waals surface area contributed by atoms with Gasteiger partial charge in [-0.05, 0) is 36.4 Å². The fourth-order valence-corrected chi connectivity index (χ4v) is 3.48. The zero-order valence-corrected chi connectivity index (χ0v) is 13.7. The predicted octanol–water partition coefficient (Wildman–Crippen LogP) is 4.53. The van der Waals surface area contributed by atoms with Crippen LogP contribution in [0, 0.1) is 0 Å². The van der Waals surface area contributed by atoms with Crippen molar-refractivity contribution in [1.29, 1.82) is 0 Å². The highest BCUT2D eigenvalue weighted by atomic mass is 32.2. The second-order valence-electron chi connectivity index (χ2n) is 4.94. The molecular weight excluding hydrogens is 278 g/mol. The highest BCUT2D eigenvalue weighted by Crippen LogP contribution is 2.32. The van der Waals surface area contributed by atoms with Crippen LogP contribution in [0.15, 0.2) is 59.5 Å². The zero-order chi connectivity index (χ0) is 15.1. The van der Waals surface area contributed by atoms with Crippen LogP contribution in [0.25, 0.3) is 0 Å². The first-order valence-electron chi connectivity index (χ1n) is 7.33. The Morgan fingerprint density at radius 1 is 1.05 bits per heavy atom. The summed E-state index contributed by atoms with van der Waals surface area (Å²) >= 11 is 1.89. The minimum absolute atomic E-state index is 0.350. The highest BCUT2D eigenvalue weighted by Gasteiger charge is 2.19. The van der Waals surface area contributed by atoms with Crippen molar-refractivity contribution in [1.82, 2.24) is 5.32 Å². The fourth-order valence-electron chi connectivity index (χ4n) is 2.37. The monoisotopic (exact) mass is 301 g/mol. The predicted molar refractivity (Wildman–Crippen MR) is 91.2 cm³/mol. The van der Waals surface area contributed by atoms with Crippen LogP contribution < -0.4 is 10.1 Å². The summed E-state index contributed by atoms with van der Waals surface area (Å²) in [6.45, 7) is 5.39. The first-order valence-corrected chi connectivity index (χ1v) is 8.21. The summed E-state index contributed by atoms with van der Waals surface area (Å²) in [5.41, 5.74) is 1.34. The van der Waals surface area contributed by atoms with Crippen molar-refractivity contribution in [3.8, 4) is 5.75 Å². The average Bonchev–Trinajstić information content (AvgIpc) is 2.54. The van der Waals surface area contributed by atoms with Crippen molar-refractivity contribution in [2.45, 2.75) is 30.0 Å². The molecule has 1 N–H and O–H groups in total. The first kappa shape index (κ1) is 15.9. The summed E-state index contributed by atoms with van der Waals surface area (Å²) in [5.74, 6) is 0.901. The topological polar surface area (TPSA) is 21.3 Å². The van der Waals surface area contributed by atoms with Gasteiger partial charge in [0.05, 0.1) is 7.11 Å². The number of thioether (sulfide) groups is 1. The van der Waals surface area contributed by atoms with Crippen molar-refractivity contribution in [2.24, 2.45) is 0 Å². The van der Waals surface area contributed by atoms with Gasteiger partial charge >= 0.3 is 0 Å². The number of ether oxygens (including phenoxy) is 1. The van der Waals surface area contributed by atoms with E-state index in [4.69, 9.17) is 4.74 Å². The smallest absolute Gasteiger partial charge is 0.118 e. The molecule has 2 rings (SSSR count). The molecular formula is C18H23NOS. The van der Waals surface area contributed by atoms with Crippen LogP contribution in [-0.2, 0) is 0 Å². The van der Waals surface area contributed by atoms with Gasteiger partial charge in [0, 0.05) is 16.2 Å². The van der Waals surface area contributed by atoms with Gasteiger partial charge in [-0.1, -0.05) is 44.2 Å². The third-order valence-corrected chi connectivity index (χ3v) is 4.62. The highest BCUT2D eigenvalue weighted by molar-refractivity contribution is 8.00. The molecule has 0 amide bonds. The Labute approximate surface area is 131 Å². The van der Waals surface area contributed by atoms with Crippen LogP contribution in [0.4, 0.5) is 0 Å². The van der Waals surface area contributed by atoms with Gasteiger partial charge in [-0.2, -0.15) is 0 Å². The molecule has 0 heterocycles. The van der Waals surface area contributed by atoms with E-state index in [2.05, 4.69) is 61.6 Å². The van der Waals surface area contributed by atoms with Crippen molar-refractivity contribution in [3.05, 3.63) is 60.2 Å². The summed E-state index contributed by atoms with van der Waals surface area (Å²) in [7, 11) is 1.70. The van der Waals surface area contributed by atoms with Crippen LogP contribution in [0.5, 0.6) is 5.75 Å². The van der Waals surface area contributed by atoms with E-state index in [1.165, 1.54) is 10.5 Å². The second-order valence-corrected chi connectivity index (χ2v) is 6.40. The number of methoxy groups -OCH3 is 1. The average molecular weight is 301 g/mol. The molecule has 2 aromatic rings. The molecule has 3 heteroatoms. The summed E-state index contributed by atoms with van der Waals surface area (Å²) in [5, 5.41) is 4.04. The van der Waals surface area contributed by atoms with Crippen molar-refractivity contribution >= 4 is 11.8 Å². The minimum Gasteiger partial charge on any atom is -0.497 e. The SMILES string of the molecule is CCNC(c1ccccc1)C(C)Sc1ccc(OC)cc1. The standard InChI is InChI=1S/C18H23NOS/c1-4-19-18(15-8-6-5-7-9-15)14(2)21-17-12-10-16(20-3)11-13-17/h5-14,18-19H,4H2,1-3H3. The molecule has 0 spiro atoms. The molecule has 2 nitrogen and oxygen atoms in total. The molecule has 0 saturated heterocycles. The number of benzene rings is 2. The van der Waals surface area contributed by atoms with Gasteiger partial charge in [-0.15, -0.1) is 11.8 Å². The van der Waals surface area contributed by atoms with E-state index in [9.17, 15) is 0 Å². The summed E-state index contributed by atoms with van der Waals surface area (Å²) in [6.07, 6.45) is 0. The van der Waals surface area contributed by atoms with E-state index in [1.807, 2.05) is 23.9 Å². The van der Waals surface area contributed by atoms with Crippen LogP contribution in [0.3, 0.4) is 0 Å². The molecule has 2 aromatic carbocycles. The van der Waals surface area contributed by atoms with E-state index < -0.39 is 0 Å². The lowest BCUT2D eigenvalue weighted by Gasteiger charge is -2.25. The maximum Gasteiger partial charge on any atom is 0.118 e. The first-order chi connectivity index (χ1) is 10.2.